The Balaban J connectivity index is 1.50. The number of rotatable bonds is 3. The van der Waals surface area contributed by atoms with Gasteiger partial charge in [-0.25, -0.2) is 4.39 Å². The number of thiocarbonyl (C=S) groups is 1. The Morgan fingerprint density at radius 1 is 1.04 bits per heavy atom. The minimum Gasteiger partial charge on any atom is -0.366 e. The molecule has 0 atom stereocenters. The summed E-state index contributed by atoms with van der Waals surface area (Å²) in [6, 6.07) is 15.4. The predicted molar refractivity (Wildman–Crippen MR) is 101 cm³/mol. The number of hydrogen-bond donors (Lipinski definition) is 1. The van der Waals surface area contributed by atoms with Crippen LogP contribution >= 0.6 is 12.2 Å². The third kappa shape index (κ3) is 4.03. The summed E-state index contributed by atoms with van der Waals surface area (Å²) < 4.78 is 13.9. The first-order valence-electron chi connectivity index (χ1n) is 8.21. The van der Waals surface area contributed by atoms with E-state index in [-0.39, 0.29) is 5.82 Å². The number of halogens is 1. The van der Waals surface area contributed by atoms with E-state index < -0.39 is 0 Å². The zero-order valence-electron chi connectivity index (χ0n) is 13.8. The second kappa shape index (κ2) is 7.62. The molecule has 0 aromatic heterocycles. The van der Waals surface area contributed by atoms with Crippen molar-refractivity contribution in [1.82, 2.24) is 10.2 Å². The number of para-hydroxylation sites is 1. The van der Waals surface area contributed by atoms with Crippen molar-refractivity contribution in [2.75, 3.05) is 31.1 Å². The van der Waals surface area contributed by atoms with Gasteiger partial charge in [0.15, 0.2) is 5.11 Å². The Morgan fingerprint density at radius 2 is 1.71 bits per heavy atom. The van der Waals surface area contributed by atoms with Gasteiger partial charge >= 0.3 is 0 Å². The summed E-state index contributed by atoms with van der Waals surface area (Å²) in [5.41, 5.74) is 3.15. The average Bonchev–Trinajstić information content (AvgIpc) is 2.61. The topological polar surface area (TPSA) is 18.5 Å². The molecule has 1 N–H and O–H groups in total. The molecule has 2 aromatic carbocycles. The van der Waals surface area contributed by atoms with E-state index in [1.165, 1.54) is 17.2 Å². The van der Waals surface area contributed by atoms with Crippen LogP contribution in [-0.2, 0) is 6.54 Å². The van der Waals surface area contributed by atoms with E-state index >= 15 is 0 Å². The molecular formula is C19H22FN3S. The molecule has 0 saturated carbocycles. The second-order valence-electron chi connectivity index (χ2n) is 6.07. The molecule has 3 rings (SSSR count). The highest BCUT2D eigenvalue weighted by molar-refractivity contribution is 7.80. The molecule has 0 amide bonds. The summed E-state index contributed by atoms with van der Waals surface area (Å²) in [5, 5.41) is 4.09. The van der Waals surface area contributed by atoms with Gasteiger partial charge in [0.05, 0.1) is 5.69 Å². The fourth-order valence-corrected chi connectivity index (χ4v) is 3.11. The quantitative estimate of drug-likeness (QED) is 0.862. The Kier molecular flexibility index (Phi) is 5.30. The van der Waals surface area contributed by atoms with E-state index in [2.05, 4.69) is 46.3 Å². The average molecular weight is 343 g/mol. The number of aryl methyl sites for hydroxylation is 1. The first kappa shape index (κ1) is 16.7. The van der Waals surface area contributed by atoms with Crippen molar-refractivity contribution in [3.63, 3.8) is 0 Å². The van der Waals surface area contributed by atoms with Gasteiger partial charge in [-0.05, 0) is 36.8 Å². The highest BCUT2D eigenvalue weighted by Crippen LogP contribution is 2.20. The van der Waals surface area contributed by atoms with Gasteiger partial charge in [0, 0.05) is 32.7 Å². The van der Waals surface area contributed by atoms with Crippen LogP contribution < -0.4 is 10.2 Å². The van der Waals surface area contributed by atoms with Crippen molar-refractivity contribution >= 4 is 23.0 Å². The lowest BCUT2D eigenvalue weighted by Crippen LogP contribution is -2.51. The van der Waals surface area contributed by atoms with Crippen molar-refractivity contribution < 1.29 is 4.39 Å². The maximum absolute atomic E-state index is 13.9. The normalized spacial score (nSPS) is 14.6. The molecule has 5 heteroatoms. The van der Waals surface area contributed by atoms with Crippen molar-refractivity contribution in [2.24, 2.45) is 0 Å². The molecule has 1 aliphatic heterocycles. The molecule has 1 saturated heterocycles. The molecule has 0 spiro atoms. The first-order valence-corrected chi connectivity index (χ1v) is 8.62. The molecule has 0 unspecified atom stereocenters. The lowest BCUT2D eigenvalue weighted by molar-refractivity contribution is 0.378. The number of hydrogen-bond acceptors (Lipinski definition) is 2. The minimum atomic E-state index is -0.161. The minimum absolute atomic E-state index is 0.161. The van der Waals surface area contributed by atoms with Crippen molar-refractivity contribution in [3.05, 3.63) is 65.5 Å². The summed E-state index contributed by atoms with van der Waals surface area (Å²) >= 11 is 5.50. The summed E-state index contributed by atoms with van der Waals surface area (Å²) in [7, 11) is 0. The van der Waals surface area contributed by atoms with Crippen LogP contribution in [-0.4, -0.2) is 36.2 Å². The first-order chi connectivity index (χ1) is 11.6. The standard InChI is InChI=1S/C19H22FN3S/c1-15-6-8-16(9-7-15)14-21-19(24)23-12-10-22(11-13-23)18-5-3-2-4-17(18)20/h2-9H,10-14H2,1H3,(H,21,24). The molecule has 0 bridgehead atoms. The van der Waals surface area contributed by atoms with Crippen LogP contribution in [0.25, 0.3) is 0 Å². The smallest absolute Gasteiger partial charge is 0.169 e. The fourth-order valence-electron chi connectivity index (χ4n) is 2.85. The lowest BCUT2D eigenvalue weighted by Gasteiger charge is -2.37. The van der Waals surface area contributed by atoms with Gasteiger partial charge in [-0.2, -0.15) is 0 Å². The van der Waals surface area contributed by atoms with Crippen molar-refractivity contribution in [2.45, 2.75) is 13.5 Å². The number of nitrogens with zero attached hydrogens (tertiary/aromatic N) is 2. The van der Waals surface area contributed by atoms with E-state index in [9.17, 15) is 4.39 Å². The van der Waals surface area contributed by atoms with Gasteiger partial charge in [-0.1, -0.05) is 42.0 Å². The molecule has 1 heterocycles. The maximum atomic E-state index is 13.9. The third-order valence-corrected chi connectivity index (χ3v) is 4.73. The molecule has 3 nitrogen and oxygen atoms in total. The van der Waals surface area contributed by atoms with Gasteiger partial charge in [0.2, 0.25) is 0 Å². The van der Waals surface area contributed by atoms with Crippen LogP contribution in [0.1, 0.15) is 11.1 Å². The molecular weight excluding hydrogens is 321 g/mol. The van der Waals surface area contributed by atoms with Crippen LogP contribution in [0.4, 0.5) is 10.1 Å². The number of benzene rings is 2. The number of anilines is 1. The summed E-state index contributed by atoms with van der Waals surface area (Å²) in [6.45, 7) is 5.95. The van der Waals surface area contributed by atoms with E-state index in [0.29, 0.717) is 5.69 Å². The summed E-state index contributed by atoms with van der Waals surface area (Å²) in [5.74, 6) is -0.161. The van der Waals surface area contributed by atoms with Gasteiger partial charge in [-0.15, -0.1) is 0 Å². The van der Waals surface area contributed by atoms with Gasteiger partial charge in [0.25, 0.3) is 0 Å². The lowest BCUT2D eigenvalue weighted by atomic mass is 10.1. The van der Waals surface area contributed by atoms with Crippen LogP contribution in [0.3, 0.4) is 0 Å². The monoisotopic (exact) mass is 343 g/mol. The zero-order valence-corrected chi connectivity index (χ0v) is 14.7. The van der Waals surface area contributed by atoms with Gasteiger partial charge in [-0.3, -0.25) is 0 Å². The number of piperazine rings is 1. The maximum Gasteiger partial charge on any atom is 0.169 e. The SMILES string of the molecule is Cc1ccc(CNC(=S)N2CCN(c3ccccc3F)CC2)cc1. The van der Waals surface area contributed by atoms with Crippen LogP contribution in [0, 0.1) is 12.7 Å². The van der Waals surface area contributed by atoms with Crippen LogP contribution in [0.2, 0.25) is 0 Å². The molecule has 1 fully saturated rings. The number of nitrogens with one attached hydrogen (secondary N) is 1. The molecule has 24 heavy (non-hydrogen) atoms. The summed E-state index contributed by atoms with van der Waals surface area (Å²) in [4.78, 5) is 4.23. The molecule has 1 aliphatic rings. The second-order valence-corrected chi connectivity index (χ2v) is 6.46. The largest absolute Gasteiger partial charge is 0.366 e. The van der Waals surface area contributed by atoms with Gasteiger partial charge < -0.3 is 15.1 Å². The van der Waals surface area contributed by atoms with Crippen LogP contribution in [0.15, 0.2) is 48.5 Å². The highest BCUT2D eigenvalue weighted by Gasteiger charge is 2.20. The van der Waals surface area contributed by atoms with E-state index in [1.54, 1.807) is 6.07 Å². The van der Waals surface area contributed by atoms with E-state index in [1.807, 2.05) is 12.1 Å². The van der Waals surface area contributed by atoms with Gasteiger partial charge in [0.1, 0.15) is 5.82 Å². The third-order valence-electron chi connectivity index (χ3n) is 4.32. The zero-order chi connectivity index (χ0) is 16.9. The molecule has 0 radical (unpaired) electrons. The highest BCUT2D eigenvalue weighted by atomic mass is 32.1. The molecule has 0 aliphatic carbocycles. The Labute approximate surface area is 148 Å². The van der Waals surface area contributed by atoms with Crippen molar-refractivity contribution in [1.29, 1.82) is 0 Å². The van der Waals surface area contributed by atoms with Crippen molar-refractivity contribution in [3.8, 4) is 0 Å². The Bertz CT molecular complexity index is 694. The predicted octanol–water partition coefficient (Wildman–Crippen LogP) is 3.33. The van der Waals surface area contributed by atoms with E-state index in [4.69, 9.17) is 12.2 Å². The van der Waals surface area contributed by atoms with Crippen LogP contribution in [0.5, 0.6) is 0 Å². The Morgan fingerprint density at radius 3 is 2.38 bits per heavy atom. The molecule has 126 valence electrons. The Hall–Kier alpha value is -2.14. The van der Waals surface area contributed by atoms with E-state index in [0.717, 1.165) is 37.8 Å². The molecule has 2 aromatic rings. The summed E-state index contributed by atoms with van der Waals surface area (Å²) in [6.07, 6.45) is 0. The fraction of sp³-hybridized carbons (Fsp3) is 0.316.